The van der Waals surface area contributed by atoms with Gasteiger partial charge in [-0.1, -0.05) is 26.0 Å². The number of fused-ring (bicyclic) bond motifs is 1. The van der Waals surface area contributed by atoms with E-state index in [4.69, 9.17) is 10.5 Å². The lowest BCUT2D eigenvalue weighted by Gasteiger charge is -2.12. The Morgan fingerprint density at radius 3 is 3.00 bits per heavy atom. The Morgan fingerprint density at radius 1 is 1.44 bits per heavy atom. The Hall–Kier alpha value is -1.02. The van der Waals surface area contributed by atoms with Crippen molar-refractivity contribution in [3.8, 4) is 5.75 Å². The lowest BCUT2D eigenvalue weighted by molar-refractivity contribution is 0.287. The van der Waals surface area contributed by atoms with E-state index in [9.17, 15) is 0 Å². The topological polar surface area (TPSA) is 35.2 Å². The molecule has 0 aromatic heterocycles. The molecule has 0 aliphatic heterocycles. The molecule has 1 unspecified atom stereocenters. The van der Waals surface area contributed by atoms with Gasteiger partial charge in [0.25, 0.3) is 0 Å². The molecule has 0 saturated heterocycles. The maximum atomic E-state index is 6.04. The zero-order valence-corrected chi connectivity index (χ0v) is 10.2. The highest BCUT2D eigenvalue weighted by molar-refractivity contribution is 5.44. The van der Waals surface area contributed by atoms with E-state index in [1.807, 2.05) is 0 Å². The molecular formula is C14H21NO. The molecule has 2 nitrogen and oxygen atoms in total. The Balaban J connectivity index is 2.05. The van der Waals surface area contributed by atoms with Gasteiger partial charge in [-0.25, -0.2) is 0 Å². The van der Waals surface area contributed by atoms with Gasteiger partial charge in [0.05, 0.1) is 6.61 Å². The summed E-state index contributed by atoms with van der Waals surface area (Å²) in [5.74, 6) is 1.74. The highest BCUT2D eigenvalue weighted by Crippen LogP contribution is 2.35. The number of hydrogen-bond acceptors (Lipinski definition) is 2. The quantitative estimate of drug-likeness (QED) is 0.844. The average Bonchev–Trinajstić information content (AvgIpc) is 2.61. The molecule has 0 radical (unpaired) electrons. The summed E-state index contributed by atoms with van der Waals surface area (Å²) >= 11 is 0. The van der Waals surface area contributed by atoms with Gasteiger partial charge in [-0.05, 0) is 42.4 Å². The summed E-state index contributed by atoms with van der Waals surface area (Å²) in [6, 6.07) is 6.46. The van der Waals surface area contributed by atoms with Gasteiger partial charge in [0.1, 0.15) is 5.75 Å². The maximum Gasteiger partial charge on any atom is 0.122 e. The van der Waals surface area contributed by atoms with E-state index in [1.165, 1.54) is 11.1 Å². The van der Waals surface area contributed by atoms with Gasteiger partial charge < -0.3 is 10.5 Å². The van der Waals surface area contributed by atoms with Gasteiger partial charge in [0.15, 0.2) is 0 Å². The standard InChI is InChI=1S/C14H21NO/c1-10(2)8-9-16-14-5-3-4-11-12(14)6-7-13(11)15/h3-5,10,13H,6-9,15H2,1-2H3. The van der Waals surface area contributed by atoms with Crippen molar-refractivity contribution < 1.29 is 4.74 Å². The number of hydrogen-bond donors (Lipinski definition) is 1. The molecule has 88 valence electrons. The van der Waals surface area contributed by atoms with Crippen molar-refractivity contribution in [2.45, 2.75) is 39.2 Å². The Bertz CT molecular complexity index is 360. The lowest BCUT2D eigenvalue weighted by atomic mass is 10.1. The van der Waals surface area contributed by atoms with Crippen LogP contribution in [0, 0.1) is 5.92 Å². The molecule has 1 aromatic rings. The zero-order chi connectivity index (χ0) is 11.5. The molecule has 1 aliphatic rings. The van der Waals surface area contributed by atoms with Crippen LogP contribution in [0.3, 0.4) is 0 Å². The third kappa shape index (κ3) is 2.38. The first-order valence-electron chi connectivity index (χ1n) is 6.18. The third-order valence-electron chi connectivity index (χ3n) is 3.23. The van der Waals surface area contributed by atoms with Crippen molar-refractivity contribution in [3.63, 3.8) is 0 Å². The smallest absolute Gasteiger partial charge is 0.122 e. The van der Waals surface area contributed by atoms with Crippen LogP contribution in [0.5, 0.6) is 5.75 Å². The van der Waals surface area contributed by atoms with Crippen LogP contribution in [0.25, 0.3) is 0 Å². The van der Waals surface area contributed by atoms with Crippen LogP contribution in [0.15, 0.2) is 18.2 Å². The molecule has 0 fully saturated rings. The van der Waals surface area contributed by atoms with Crippen LogP contribution in [0.4, 0.5) is 0 Å². The first-order chi connectivity index (χ1) is 7.68. The van der Waals surface area contributed by atoms with Crippen molar-refractivity contribution in [1.82, 2.24) is 0 Å². The maximum absolute atomic E-state index is 6.04. The highest BCUT2D eigenvalue weighted by atomic mass is 16.5. The number of ether oxygens (including phenoxy) is 1. The van der Waals surface area contributed by atoms with Crippen LogP contribution in [0.2, 0.25) is 0 Å². The molecule has 16 heavy (non-hydrogen) atoms. The van der Waals surface area contributed by atoms with Crippen molar-refractivity contribution >= 4 is 0 Å². The van der Waals surface area contributed by atoms with E-state index >= 15 is 0 Å². The molecule has 0 spiro atoms. The summed E-state index contributed by atoms with van der Waals surface area (Å²) in [6.07, 6.45) is 3.23. The average molecular weight is 219 g/mol. The van der Waals surface area contributed by atoms with Gasteiger partial charge in [-0.15, -0.1) is 0 Å². The highest BCUT2D eigenvalue weighted by Gasteiger charge is 2.21. The summed E-state index contributed by atoms with van der Waals surface area (Å²) in [5, 5.41) is 0. The number of nitrogens with two attached hydrogens (primary N) is 1. The van der Waals surface area contributed by atoms with E-state index in [2.05, 4.69) is 32.0 Å². The fourth-order valence-corrected chi connectivity index (χ4v) is 2.19. The molecule has 0 heterocycles. The molecule has 0 amide bonds. The zero-order valence-electron chi connectivity index (χ0n) is 10.2. The van der Waals surface area contributed by atoms with Crippen LogP contribution < -0.4 is 10.5 Å². The minimum Gasteiger partial charge on any atom is -0.493 e. The fraction of sp³-hybridized carbons (Fsp3) is 0.571. The number of benzene rings is 1. The Kier molecular flexibility index (Phi) is 3.49. The molecule has 1 atom stereocenters. The largest absolute Gasteiger partial charge is 0.493 e. The predicted molar refractivity (Wildman–Crippen MR) is 66.6 cm³/mol. The molecular weight excluding hydrogens is 198 g/mol. The number of rotatable bonds is 4. The van der Waals surface area contributed by atoms with Gasteiger partial charge in [0, 0.05) is 6.04 Å². The van der Waals surface area contributed by atoms with Crippen molar-refractivity contribution in [2.24, 2.45) is 11.7 Å². The second-order valence-corrected chi connectivity index (χ2v) is 5.00. The van der Waals surface area contributed by atoms with E-state index in [0.717, 1.165) is 31.6 Å². The molecule has 0 bridgehead atoms. The van der Waals surface area contributed by atoms with E-state index in [-0.39, 0.29) is 6.04 Å². The Morgan fingerprint density at radius 2 is 2.25 bits per heavy atom. The summed E-state index contributed by atoms with van der Waals surface area (Å²) < 4.78 is 5.85. The van der Waals surface area contributed by atoms with Crippen molar-refractivity contribution in [2.75, 3.05) is 6.61 Å². The molecule has 2 heteroatoms. The van der Waals surface area contributed by atoms with Gasteiger partial charge in [0.2, 0.25) is 0 Å². The second-order valence-electron chi connectivity index (χ2n) is 5.00. The first-order valence-corrected chi connectivity index (χ1v) is 6.18. The first kappa shape index (κ1) is 11.5. The van der Waals surface area contributed by atoms with E-state index < -0.39 is 0 Å². The summed E-state index contributed by atoms with van der Waals surface area (Å²) in [7, 11) is 0. The predicted octanol–water partition coefficient (Wildman–Crippen LogP) is 3.06. The molecule has 2 N–H and O–H groups in total. The van der Waals surface area contributed by atoms with Crippen molar-refractivity contribution in [3.05, 3.63) is 29.3 Å². The summed E-state index contributed by atoms with van der Waals surface area (Å²) in [5.41, 5.74) is 8.65. The van der Waals surface area contributed by atoms with E-state index in [1.54, 1.807) is 0 Å². The van der Waals surface area contributed by atoms with E-state index in [0.29, 0.717) is 5.92 Å². The monoisotopic (exact) mass is 219 g/mol. The van der Waals surface area contributed by atoms with Crippen LogP contribution in [0.1, 0.15) is 43.9 Å². The lowest BCUT2D eigenvalue weighted by Crippen LogP contribution is -2.06. The van der Waals surface area contributed by atoms with Gasteiger partial charge in [-0.2, -0.15) is 0 Å². The molecule has 1 aliphatic carbocycles. The molecule has 1 aromatic carbocycles. The second kappa shape index (κ2) is 4.88. The normalized spacial score (nSPS) is 18.9. The van der Waals surface area contributed by atoms with Crippen LogP contribution in [-0.2, 0) is 6.42 Å². The van der Waals surface area contributed by atoms with Crippen molar-refractivity contribution in [1.29, 1.82) is 0 Å². The Labute approximate surface area is 97.8 Å². The molecule has 2 rings (SSSR count). The fourth-order valence-electron chi connectivity index (χ4n) is 2.19. The van der Waals surface area contributed by atoms with Crippen LogP contribution in [-0.4, -0.2) is 6.61 Å². The molecule has 0 saturated carbocycles. The third-order valence-corrected chi connectivity index (χ3v) is 3.23. The summed E-state index contributed by atoms with van der Waals surface area (Å²) in [6.45, 7) is 5.24. The van der Waals surface area contributed by atoms with Gasteiger partial charge in [-0.3, -0.25) is 0 Å². The van der Waals surface area contributed by atoms with Gasteiger partial charge >= 0.3 is 0 Å². The minimum atomic E-state index is 0.212. The minimum absolute atomic E-state index is 0.212. The van der Waals surface area contributed by atoms with Crippen LogP contribution >= 0.6 is 0 Å². The SMILES string of the molecule is CC(C)CCOc1cccc2c1CCC2N. The summed E-state index contributed by atoms with van der Waals surface area (Å²) in [4.78, 5) is 0.